The average molecular weight is 569 g/mol. The van der Waals surface area contributed by atoms with E-state index in [-0.39, 0.29) is 31.6 Å². The van der Waals surface area contributed by atoms with E-state index in [0.29, 0.717) is 25.8 Å². The van der Waals surface area contributed by atoms with Crippen molar-refractivity contribution in [3.63, 3.8) is 0 Å². The first-order valence-corrected chi connectivity index (χ1v) is 12.8. The molecule has 0 aromatic carbocycles. The molecule has 2 saturated carbocycles. The number of carbonyl (C=O) groups excluding carboxylic acids is 5. The third-order valence-corrected chi connectivity index (χ3v) is 7.26. The van der Waals surface area contributed by atoms with Gasteiger partial charge in [0.25, 0.3) is 0 Å². The lowest BCUT2D eigenvalue weighted by molar-refractivity contribution is -0.321. The van der Waals surface area contributed by atoms with E-state index in [4.69, 9.17) is 0 Å². The highest BCUT2D eigenvalue weighted by Gasteiger charge is 2.62. The number of amides is 4. The molecule has 3 atom stereocenters. The van der Waals surface area contributed by atoms with Gasteiger partial charge in [-0.3, -0.25) is 28.7 Å². The molecule has 3 fully saturated rings. The standard InChI is InChI=1S/C24H33F5N4O6/c1-12(2)5-16(33-21(38)20(37)31-14-7-22(8-14)10-23(25,26)11-22)19(36)32-15(6-13-3-4-30-18(13)35)17(34)9-39-24(27,28)29/h12-16H,3-11H2,1-2H3,(H,30,35)(H,31,37)(H,32,36)(H,33,38)/t13-,15?,16?/m0/s1. The fraction of sp³-hybridized carbons (Fsp3) is 0.792. The number of halogens is 5. The summed E-state index contributed by atoms with van der Waals surface area (Å²) in [7, 11) is 0. The molecule has 3 rings (SSSR count). The van der Waals surface area contributed by atoms with Gasteiger partial charge in [0.2, 0.25) is 17.7 Å². The molecule has 4 N–H and O–H groups in total. The van der Waals surface area contributed by atoms with Crippen molar-refractivity contribution in [3.8, 4) is 0 Å². The largest absolute Gasteiger partial charge is 0.522 e. The van der Waals surface area contributed by atoms with Crippen LogP contribution in [0.3, 0.4) is 0 Å². The molecule has 3 aliphatic rings. The van der Waals surface area contributed by atoms with Crippen LogP contribution >= 0.6 is 0 Å². The van der Waals surface area contributed by atoms with E-state index in [0.717, 1.165) is 0 Å². The van der Waals surface area contributed by atoms with Crippen molar-refractivity contribution >= 4 is 29.4 Å². The maximum Gasteiger partial charge on any atom is 0.522 e. The number of alkyl halides is 5. The van der Waals surface area contributed by atoms with Gasteiger partial charge in [-0.2, -0.15) is 0 Å². The van der Waals surface area contributed by atoms with Gasteiger partial charge in [-0.25, -0.2) is 8.78 Å². The second kappa shape index (κ2) is 11.7. The SMILES string of the molecule is CC(C)CC(NC(=O)C(=O)NC1CC2(C1)CC(F)(F)C2)C(=O)NC(C[C@@H]1CCNC1=O)C(=O)COC(F)(F)F. The molecule has 4 amide bonds. The number of ketones is 1. The number of hydrogen-bond donors (Lipinski definition) is 4. The third-order valence-electron chi connectivity index (χ3n) is 7.26. The summed E-state index contributed by atoms with van der Waals surface area (Å²) in [5, 5.41) is 9.59. The molecular weight excluding hydrogens is 535 g/mol. The summed E-state index contributed by atoms with van der Waals surface area (Å²) in [6.07, 6.45) is -4.91. The van der Waals surface area contributed by atoms with E-state index < -0.39 is 77.8 Å². The number of carbonyl (C=O) groups is 5. The molecule has 220 valence electrons. The predicted octanol–water partition coefficient (Wildman–Crippen LogP) is 1.33. The van der Waals surface area contributed by atoms with Crippen LogP contribution in [0.1, 0.15) is 58.8 Å². The van der Waals surface area contributed by atoms with E-state index in [1.165, 1.54) is 0 Å². The number of ether oxygens (including phenoxy) is 1. The summed E-state index contributed by atoms with van der Waals surface area (Å²) in [4.78, 5) is 62.4. The molecule has 15 heteroatoms. The van der Waals surface area contributed by atoms with Crippen molar-refractivity contribution < 1.29 is 50.7 Å². The Balaban J connectivity index is 1.59. The van der Waals surface area contributed by atoms with Crippen molar-refractivity contribution in [2.24, 2.45) is 17.3 Å². The molecule has 0 aromatic heterocycles. The van der Waals surface area contributed by atoms with Gasteiger partial charge in [-0.1, -0.05) is 13.8 Å². The lowest BCUT2D eigenvalue weighted by Gasteiger charge is -2.57. The Morgan fingerprint density at radius 1 is 1.05 bits per heavy atom. The normalized spacial score (nSPS) is 23.3. The third kappa shape index (κ3) is 8.57. The lowest BCUT2D eigenvalue weighted by atomic mass is 9.52. The second-order valence-corrected chi connectivity index (χ2v) is 11.2. The van der Waals surface area contributed by atoms with Gasteiger partial charge in [0.15, 0.2) is 5.78 Å². The fourth-order valence-corrected chi connectivity index (χ4v) is 5.55. The summed E-state index contributed by atoms with van der Waals surface area (Å²) in [5.41, 5.74) is -0.522. The molecule has 2 unspecified atom stereocenters. The lowest BCUT2D eigenvalue weighted by Crippen LogP contribution is -2.61. The molecule has 0 radical (unpaired) electrons. The molecule has 0 aromatic rings. The van der Waals surface area contributed by atoms with Crippen molar-refractivity contribution in [2.75, 3.05) is 13.2 Å². The number of hydrogen-bond acceptors (Lipinski definition) is 6. The van der Waals surface area contributed by atoms with Crippen LogP contribution in [0.15, 0.2) is 0 Å². The zero-order valence-corrected chi connectivity index (χ0v) is 21.6. The van der Waals surface area contributed by atoms with Crippen molar-refractivity contribution in [1.29, 1.82) is 0 Å². The summed E-state index contributed by atoms with van der Waals surface area (Å²) in [5.74, 6) is -8.28. The molecule has 1 heterocycles. The van der Waals surface area contributed by atoms with Crippen LogP contribution in [-0.2, 0) is 28.7 Å². The topological polar surface area (TPSA) is 143 Å². The van der Waals surface area contributed by atoms with Crippen LogP contribution in [-0.4, -0.2) is 73.0 Å². The van der Waals surface area contributed by atoms with E-state index in [1.807, 2.05) is 0 Å². The maximum absolute atomic E-state index is 13.2. The quantitative estimate of drug-likeness (QED) is 0.219. The Hall–Kier alpha value is -2.84. The minimum absolute atomic E-state index is 0.0242. The minimum Gasteiger partial charge on any atom is -0.356 e. The Morgan fingerprint density at radius 3 is 2.21 bits per heavy atom. The molecule has 1 aliphatic heterocycles. The second-order valence-electron chi connectivity index (χ2n) is 11.2. The Bertz CT molecular complexity index is 973. The highest BCUT2D eigenvalue weighted by Crippen LogP contribution is 2.62. The zero-order valence-electron chi connectivity index (χ0n) is 21.6. The van der Waals surface area contributed by atoms with Gasteiger partial charge in [0.1, 0.15) is 12.6 Å². The van der Waals surface area contributed by atoms with E-state index in [2.05, 4.69) is 26.0 Å². The van der Waals surface area contributed by atoms with Gasteiger partial charge in [-0.15, -0.1) is 13.2 Å². The van der Waals surface area contributed by atoms with Gasteiger partial charge >= 0.3 is 18.2 Å². The molecule has 1 spiro atoms. The predicted molar refractivity (Wildman–Crippen MR) is 124 cm³/mol. The van der Waals surface area contributed by atoms with Gasteiger partial charge in [0, 0.05) is 31.3 Å². The van der Waals surface area contributed by atoms with E-state index in [9.17, 15) is 45.9 Å². The Labute approximate surface area is 221 Å². The van der Waals surface area contributed by atoms with Gasteiger partial charge in [-0.05, 0) is 43.4 Å². The molecule has 10 nitrogen and oxygen atoms in total. The summed E-state index contributed by atoms with van der Waals surface area (Å²) in [6, 6.07) is -3.29. The monoisotopic (exact) mass is 568 g/mol. The van der Waals surface area contributed by atoms with Crippen LogP contribution in [0, 0.1) is 17.3 Å². The Kier molecular flexibility index (Phi) is 9.23. The average Bonchev–Trinajstić information content (AvgIpc) is 3.17. The van der Waals surface area contributed by atoms with Crippen LogP contribution < -0.4 is 21.3 Å². The van der Waals surface area contributed by atoms with Crippen molar-refractivity contribution in [2.45, 2.75) is 89.2 Å². The smallest absolute Gasteiger partial charge is 0.356 e. The molecule has 0 bridgehead atoms. The maximum atomic E-state index is 13.2. The number of rotatable bonds is 11. The number of nitrogens with one attached hydrogen (secondary N) is 4. The highest BCUT2D eigenvalue weighted by atomic mass is 19.4. The van der Waals surface area contributed by atoms with Crippen LogP contribution in [0.25, 0.3) is 0 Å². The van der Waals surface area contributed by atoms with Gasteiger partial charge in [0.05, 0.1) is 6.04 Å². The molecule has 1 saturated heterocycles. The Morgan fingerprint density at radius 2 is 1.69 bits per heavy atom. The molecular formula is C24H33F5N4O6. The molecule has 39 heavy (non-hydrogen) atoms. The first-order chi connectivity index (χ1) is 18.0. The summed E-state index contributed by atoms with van der Waals surface area (Å²) in [6.45, 7) is 2.36. The van der Waals surface area contributed by atoms with E-state index >= 15 is 0 Å². The number of Topliss-reactive ketones (excluding diaryl/α,β-unsaturated/α-hetero) is 1. The highest BCUT2D eigenvalue weighted by molar-refractivity contribution is 6.35. The minimum atomic E-state index is -5.09. The van der Waals surface area contributed by atoms with Gasteiger partial charge < -0.3 is 21.3 Å². The van der Waals surface area contributed by atoms with Crippen LogP contribution in [0.2, 0.25) is 0 Å². The summed E-state index contributed by atoms with van der Waals surface area (Å²) >= 11 is 0. The first kappa shape index (κ1) is 30.7. The van der Waals surface area contributed by atoms with Crippen molar-refractivity contribution in [3.05, 3.63) is 0 Å². The van der Waals surface area contributed by atoms with Crippen LogP contribution in [0.4, 0.5) is 22.0 Å². The van der Waals surface area contributed by atoms with Crippen molar-refractivity contribution in [1.82, 2.24) is 21.3 Å². The first-order valence-electron chi connectivity index (χ1n) is 12.8. The van der Waals surface area contributed by atoms with Crippen LogP contribution in [0.5, 0.6) is 0 Å². The zero-order chi connectivity index (χ0) is 29.2. The fourth-order valence-electron chi connectivity index (χ4n) is 5.55. The molecule has 2 aliphatic carbocycles. The summed E-state index contributed by atoms with van der Waals surface area (Å²) < 4.78 is 67.4. The van der Waals surface area contributed by atoms with E-state index in [1.54, 1.807) is 13.8 Å².